The molecule has 0 bridgehead atoms. The summed E-state index contributed by atoms with van der Waals surface area (Å²) in [7, 11) is 0. The smallest absolute Gasteiger partial charge is 0.135 e. The molecule has 0 unspecified atom stereocenters. The molecule has 2 heterocycles. The molecule has 0 aliphatic carbocycles. The summed E-state index contributed by atoms with van der Waals surface area (Å²) in [4.78, 5) is 4.39. The predicted molar refractivity (Wildman–Crippen MR) is 138 cm³/mol. The van der Waals surface area contributed by atoms with Crippen molar-refractivity contribution >= 4 is 21.8 Å². The molecule has 0 atom stereocenters. The molecule has 4 heteroatoms. The summed E-state index contributed by atoms with van der Waals surface area (Å²) in [5.41, 5.74) is 6.65. The Bertz CT molecular complexity index is 1600. The number of rotatable bonds is 5. The van der Waals surface area contributed by atoms with Gasteiger partial charge in [0.25, 0.3) is 0 Å². The van der Waals surface area contributed by atoms with Gasteiger partial charge in [0.15, 0.2) is 0 Å². The molecule has 170 valence electrons. The zero-order valence-corrected chi connectivity index (χ0v) is 19.0. The van der Waals surface area contributed by atoms with Gasteiger partial charge in [0.2, 0.25) is 0 Å². The van der Waals surface area contributed by atoms with Gasteiger partial charge in [-0.25, -0.2) is 8.78 Å². The molecule has 0 amide bonds. The van der Waals surface area contributed by atoms with Gasteiger partial charge in [-0.05, 0) is 66.4 Å². The minimum absolute atomic E-state index is 0.304. The Labute approximate surface area is 202 Å². The van der Waals surface area contributed by atoms with E-state index in [1.807, 2.05) is 6.07 Å². The van der Waals surface area contributed by atoms with Crippen molar-refractivity contribution in [3.63, 3.8) is 0 Å². The highest BCUT2D eigenvalue weighted by atomic mass is 19.1. The van der Waals surface area contributed by atoms with Crippen molar-refractivity contribution in [3.8, 4) is 16.9 Å². The average Bonchev–Trinajstić information content (AvgIpc) is 3.23. The number of nitrogens with zero attached hydrogens (tertiary/aromatic N) is 2. The van der Waals surface area contributed by atoms with Crippen LogP contribution < -0.4 is 0 Å². The van der Waals surface area contributed by atoms with E-state index in [-0.39, 0.29) is 0 Å². The van der Waals surface area contributed by atoms with Gasteiger partial charge < -0.3 is 4.57 Å². The third-order valence-electron chi connectivity index (χ3n) is 6.51. The molecule has 2 aromatic heterocycles. The van der Waals surface area contributed by atoms with Crippen molar-refractivity contribution in [3.05, 3.63) is 132 Å². The van der Waals surface area contributed by atoms with Crippen LogP contribution in [0.1, 0.15) is 11.1 Å². The number of aromatic nitrogens is 2. The van der Waals surface area contributed by atoms with Crippen LogP contribution in [-0.2, 0) is 12.8 Å². The molecule has 0 saturated carbocycles. The van der Waals surface area contributed by atoms with Crippen molar-refractivity contribution in [2.24, 2.45) is 0 Å². The van der Waals surface area contributed by atoms with Gasteiger partial charge in [-0.2, -0.15) is 0 Å². The summed E-state index contributed by atoms with van der Waals surface area (Å²) in [6, 6.07) is 33.0. The lowest BCUT2D eigenvalue weighted by atomic mass is 10.0. The second kappa shape index (κ2) is 8.80. The van der Waals surface area contributed by atoms with Gasteiger partial charge in [0, 0.05) is 34.3 Å². The summed E-state index contributed by atoms with van der Waals surface area (Å²) in [5.74, 6) is -1.19. The van der Waals surface area contributed by atoms with Crippen LogP contribution in [0.2, 0.25) is 0 Å². The average molecular weight is 461 g/mol. The highest BCUT2D eigenvalue weighted by molar-refractivity contribution is 6.09. The minimum Gasteiger partial charge on any atom is -0.309 e. The summed E-state index contributed by atoms with van der Waals surface area (Å²) < 4.78 is 29.5. The number of para-hydroxylation sites is 2. The lowest BCUT2D eigenvalue weighted by Crippen LogP contribution is -1.96. The van der Waals surface area contributed by atoms with Gasteiger partial charge in [-0.1, -0.05) is 54.6 Å². The Kier molecular flexibility index (Phi) is 5.34. The lowest BCUT2D eigenvalue weighted by molar-refractivity contribution is 0.585. The third kappa shape index (κ3) is 3.97. The van der Waals surface area contributed by atoms with Crippen LogP contribution in [0.3, 0.4) is 0 Å². The predicted octanol–water partition coefficient (Wildman–Crippen LogP) is 7.91. The number of benzene rings is 4. The molecule has 35 heavy (non-hydrogen) atoms. The van der Waals surface area contributed by atoms with Crippen molar-refractivity contribution in [2.75, 3.05) is 0 Å². The van der Waals surface area contributed by atoms with E-state index < -0.39 is 11.6 Å². The zero-order valence-electron chi connectivity index (χ0n) is 19.0. The van der Waals surface area contributed by atoms with Gasteiger partial charge in [-0.3, -0.25) is 4.98 Å². The van der Waals surface area contributed by atoms with Gasteiger partial charge >= 0.3 is 0 Å². The molecule has 0 saturated heterocycles. The normalized spacial score (nSPS) is 11.4. The van der Waals surface area contributed by atoms with E-state index in [0.717, 1.165) is 30.2 Å². The van der Waals surface area contributed by atoms with Crippen LogP contribution in [0.5, 0.6) is 0 Å². The van der Waals surface area contributed by atoms with E-state index in [0.29, 0.717) is 11.3 Å². The fourth-order valence-electron chi connectivity index (χ4n) is 4.73. The summed E-state index contributed by atoms with van der Waals surface area (Å²) in [6.45, 7) is 0. The first-order chi connectivity index (χ1) is 17.2. The minimum atomic E-state index is -0.603. The van der Waals surface area contributed by atoms with E-state index in [2.05, 4.69) is 82.3 Å². The maximum Gasteiger partial charge on any atom is 0.135 e. The Balaban J connectivity index is 1.21. The fraction of sp³-hybridized carbons (Fsp3) is 0.0645. The first-order valence-electron chi connectivity index (χ1n) is 11.7. The highest BCUT2D eigenvalue weighted by Gasteiger charge is 2.11. The van der Waals surface area contributed by atoms with E-state index in [4.69, 9.17) is 0 Å². The van der Waals surface area contributed by atoms with Gasteiger partial charge in [-0.15, -0.1) is 0 Å². The van der Waals surface area contributed by atoms with Crippen LogP contribution in [0.15, 0.2) is 109 Å². The number of fused-ring (bicyclic) bond motifs is 3. The Morgan fingerprint density at radius 1 is 0.629 bits per heavy atom. The van der Waals surface area contributed by atoms with E-state index in [1.54, 1.807) is 12.3 Å². The quantitative estimate of drug-likeness (QED) is 0.256. The fourth-order valence-corrected chi connectivity index (χ4v) is 4.73. The van der Waals surface area contributed by atoms with E-state index in [9.17, 15) is 8.78 Å². The number of halogens is 2. The SMILES string of the molecule is Fc1ccc(-c2ccc(CCc3ccc(-n4c5ccccc5c5ccccc54)cc3)cn2)c(F)c1. The number of aryl methyl sites for hydroxylation is 2. The van der Waals surface area contributed by atoms with Crippen LogP contribution in [0.4, 0.5) is 8.78 Å². The van der Waals surface area contributed by atoms with Crippen molar-refractivity contribution < 1.29 is 8.78 Å². The highest BCUT2D eigenvalue weighted by Crippen LogP contribution is 2.31. The number of hydrogen-bond donors (Lipinski definition) is 0. The van der Waals surface area contributed by atoms with E-state index in [1.165, 1.54) is 39.5 Å². The van der Waals surface area contributed by atoms with Crippen LogP contribution in [-0.4, -0.2) is 9.55 Å². The van der Waals surface area contributed by atoms with Crippen LogP contribution >= 0.6 is 0 Å². The van der Waals surface area contributed by atoms with Crippen LogP contribution in [0.25, 0.3) is 38.8 Å². The largest absolute Gasteiger partial charge is 0.309 e. The molecule has 0 radical (unpaired) electrons. The first kappa shape index (κ1) is 21.2. The van der Waals surface area contributed by atoms with Crippen molar-refractivity contribution in [1.82, 2.24) is 9.55 Å². The Hall–Kier alpha value is -4.31. The molecule has 0 spiro atoms. The molecule has 0 aliphatic rings. The molecular weight excluding hydrogens is 438 g/mol. The lowest BCUT2D eigenvalue weighted by Gasteiger charge is -2.09. The molecule has 6 rings (SSSR count). The maximum atomic E-state index is 14.0. The molecule has 0 fully saturated rings. The van der Waals surface area contributed by atoms with Crippen molar-refractivity contribution in [2.45, 2.75) is 12.8 Å². The summed E-state index contributed by atoms with van der Waals surface area (Å²) in [5, 5.41) is 2.51. The second-order valence-electron chi connectivity index (χ2n) is 8.71. The van der Waals surface area contributed by atoms with Crippen LogP contribution in [0, 0.1) is 11.6 Å². The van der Waals surface area contributed by atoms with E-state index >= 15 is 0 Å². The Morgan fingerprint density at radius 2 is 1.26 bits per heavy atom. The molecule has 0 N–H and O–H groups in total. The second-order valence-corrected chi connectivity index (χ2v) is 8.71. The molecule has 4 aromatic carbocycles. The molecule has 2 nitrogen and oxygen atoms in total. The summed E-state index contributed by atoms with van der Waals surface area (Å²) in [6.07, 6.45) is 3.47. The van der Waals surface area contributed by atoms with Gasteiger partial charge in [0.1, 0.15) is 11.6 Å². The summed E-state index contributed by atoms with van der Waals surface area (Å²) >= 11 is 0. The number of pyridine rings is 1. The molecule has 6 aromatic rings. The van der Waals surface area contributed by atoms with Crippen molar-refractivity contribution in [1.29, 1.82) is 0 Å². The van der Waals surface area contributed by atoms with Gasteiger partial charge in [0.05, 0.1) is 16.7 Å². The number of hydrogen-bond acceptors (Lipinski definition) is 1. The maximum absolute atomic E-state index is 14.0. The molecular formula is C31H22F2N2. The zero-order chi connectivity index (χ0) is 23.8. The Morgan fingerprint density at radius 3 is 1.89 bits per heavy atom. The standard InChI is InChI=1S/C31H22F2N2/c32-23-14-17-27(28(33)19-23)29-18-13-22(20-34-29)10-9-21-11-15-24(16-12-21)35-30-7-3-1-5-25(30)26-6-2-4-8-31(26)35/h1-8,11-20H,9-10H2. The third-order valence-corrected chi connectivity index (χ3v) is 6.51. The topological polar surface area (TPSA) is 17.8 Å². The molecule has 0 aliphatic heterocycles. The monoisotopic (exact) mass is 460 g/mol. The first-order valence-corrected chi connectivity index (χ1v) is 11.7.